The third-order valence-corrected chi connectivity index (χ3v) is 3.04. The van der Waals surface area contributed by atoms with Crippen molar-refractivity contribution >= 4 is 5.91 Å². The minimum atomic E-state index is -0.395. The molecule has 0 fully saturated rings. The average Bonchev–Trinajstić information content (AvgIpc) is 3.02. The summed E-state index contributed by atoms with van der Waals surface area (Å²) in [6.07, 6.45) is 2.95. The summed E-state index contributed by atoms with van der Waals surface area (Å²) in [5, 5.41) is 6.38. The summed E-state index contributed by atoms with van der Waals surface area (Å²) in [4.78, 5) is 24.1. The monoisotopic (exact) mass is 313 g/mol. The molecule has 23 heavy (non-hydrogen) atoms. The fourth-order valence-electron chi connectivity index (χ4n) is 1.94. The molecule has 3 aromatic rings. The van der Waals surface area contributed by atoms with Crippen molar-refractivity contribution in [3.05, 3.63) is 59.7 Å². The van der Waals surface area contributed by atoms with E-state index < -0.39 is 5.82 Å². The molecule has 0 aliphatic heterocycles. The van der Waals surface area contributed by atoms with Gasteiger partial charge >= 0.3 is 0 Å². The Kier molecular flexibility index (Phi) is 4.05. The highest BCUT2D eigenvalue weighted by molar-refractivity contribution is 5.93. The van der Waals surface area contributed by atoms with E-state index in [9.17, 15) is 9.18 Å². The highest BCUT2D eigenvalue weighted by atomic mass is 19.1. The van der Waals surface area contributed by atoms with Crippen LogP contribution in [0.1, 0.15) is 22.0 Å². The van der Waals surface area contributed by atoms with Crippen LogP contribution in [-0.4, -0.2) is 26.0 Å². The fourth-order valence-corrected chi connectivity index (χ4v) is 1.94. The summed E-state index contributed by atoms with van der Waals surface area (Å²) >= 11 is 0. The molecule has 0 aliphatic carbocycles. The van der Waals surface area contributed by atoms with E-state index in [1.165, 1.54) is 24.5 Å². The first kappa shape index (κ1) is 14.8. The van der Waals surface area contributed by atoms with Crippen LogP contribution in [0, 0.1) is 12.7 Å². The van der Waals surface area contributed by atoms with Crippen molar-refractivity contribution < 1.29 is 13.7 Å². The Balaban J connectivity index is 1.68. The van der Waals surface area contributed by atoms with E-state index in [1.807, 2.05) is 0 Å². The van der Waals surface area contributed by atoms with Crippen LogP contribution in [0.4, 0.5) is 4.39 Å². The maximum atomic E-state index is 13.2. The summed E-state index contributed by atoms with van der Waals surface area (Å²) in [5.74, 6) is -0.315. The molecular formula is C15H12FN5O2. The average molecular weight is 313 g/mol. The maximum absolute atomic E-state index is 13.2. The van der Waals surface area contributed by atoms with Crippen molar-refractivity contribution in [3.63, 3.8) is 0 Å². The number of aromatic nitrogens is 4. The summed E-state index contributed by atoms with van der Waals surface area (Å²) in [7, 11) is 0. The Bertz CT molecular complexity index is 849. The third kappa shape index (κ3) is 3.37. The quantitative estimate of drug-likeness (QED) is 0.790. The van der Waals surface area contributed by atoms with Crippen LogP contribution in [0.5, 0.6) is 0 Å². The molecule has 7 nitrogen and oxygen atoms in total. The van der Waals surface area contributed by atoms with Gasteiger partial charge in [-0.25, -0.2) is 9.37 Å². The minimum Gasteiger partial charge on any atom is -0.343 e. The molecule has 0 radical (unpaired) electrons. The number of rotatable bonds is 4. The molecule has 2 heterocycles. The molecule has 116 valence electrons. The molecule has 0 atom stereocenters. The first-order valence-corrected chi connectivity index (χ1v) is 6.78. The van der Waals surface area contributed by atoms with Crippen molar-refractivity contribution in [1.82, 2.24) is 25.4 Å². The normalized spacial score (nSPS) is 10.5. The van der Waals surface area contributed by atoms with Crippen LogP contribution in [0.15, 0.2) is 41.2 Å². The van der Waals surface area contributed by atoms with Crippen molar-refractivity contribution in [1.29, 1.82) is 0 Å². The molecule has 1 aromatic carbocycles. The number of benzene rings is 1. The lowest BCUT2D eigenvalue weighted by atomic mass is 10.2. The number of halogens is 1. The lowest BCUT2D eigenvalue weighted by Crippen LogP contribution is -2.25. The van der Waals surface area contributed by atoms with Crippen LogP contribution < -0.4 is 5.32 Å². The van der Waals surface area contributed by atoms with Gasteiger partial charge in [0.25, 0.3) is 11.8 Å². The molecule has 0 aliphatic rings. The molecule has 0 bridgehead atoms. The number of nitrogens with zero attached hydrogens (tertiary/aromatic N) is 4. The number of hydrogen-bond donors (Lipinski definition) is 1. The predicted octanol–water partition coefficient (Wildman–Crippen LogP) is 1.90. The zero-order valence-electron chi connectivity index (χ0n) is 12.2. The Hall–Kier alpha value is -3.16. The number of nitrogens with one attached hydrogen (secondary N) is 1. The highest BCUT2D eigenvalue weighted by Crippen LogP contribution is 2.17. The van der Waals surface area contributed by atoms with Gasteiger partial charge in [0.2, 0.25) is 0 Å². The predicted molar refractivity (Wildman–Crippen MR) is 77.6 cm³/mol. The summed E-state index contributed by atoms with van der Waals surface area (Å²) in [6, 6.07) is 5.82. The van der Waals surface area contributed by atoms with Gasteiger partial charge in [-0.3, -0.25) is 9.78 Å². The van der Waals surface area contributed by atoms with Crippen molar-refractivity contribution in [3.8, 4) is 11.5 Å². The standard InChI is InChI=1S/C15H12FN5O2/c1-9-13(18-6-5-17-9)14(22)19-8-12-20-15(23-21-12)10-3-2-4-11(16)7-10/h2-7H,8H2,1H3,(H,19,22). The van der Waals surface area contributed by atoms with E-state index in [0.29, 0.717) is 11.3 Å². The molecule has 0 saturated carbocycles. The lowest BCUT2D eigenvalue weighted by molar-refractivity contribution is 0.0943. The van der Waals surface area contributed by atoms with E-state index in [0.717, 1.165) is 0 Å². The number of aryl methyl sites for hydroxylation is 1. The van der Waals surface area contributed by atoms with Gasteiger partial charge < -0.3 is 9.84 Å². The Morgan fingerprint density at radius 1 is 1.30 bits per heavy atom. The summed E-state index contributed by atoms with van der Waals surface area (Å²) in [5.41, 5.74) is 1.24. The van der Waals surface area contributed by atoms with Gasteiger partial charge in [0.15, 0.2) is 5.82 Å². The second kappa shape index (κ2) is 6.30. The molecule has 2 aromatic heterocycles. The van der Waals surface area contributed by atoms with Crippen LogP contribution >= 0.6 is 0 Å². The number of hydrogen-bond acceptors (Lipinski definition) is 6. The third-order valence-electron chi connectivity index (χ3n) is 3.04. The molecule has 0 spiro atoms. The van der Waals surface area contributed by atoms with Crippen LogP contribution in [0.2, 0.25) is 0 Å². The highest BCUT2D eigenvalue weighted by Gasteiger charge is 2.13. The zero-order valence-corrected chi connectivity index (χ0v) is 12.2. The van der Waals surface area contributed by atoms with Crippen LogP contribution in [0.25, 0.3) is 11.5 Å². The Morgan fingerprint density at radius 2 is 2.13 bits per heavy atom. The van der Waals surface area contributed by atoms with Gasteiger partial charge in [-0.2, -0.15) is 4.98 Å². The van der Waals surface area contributed by atoms with E-state index in [-0.39, 0.29) is 29.9 Å². The molecule has 8 heteroatoms. The fraction of sp³-hybridized carbons (Fsp3) is 0.133. The summed E-state index contributed by atoms with van der Waals surface area (Å²) in [6.45, 7) is 1.76. The topological polar surface area (TPSA) is 93.8 Å². The number of carbonyl (C=O) groups is 1. The second-order valence-electron chi connectivity index (χ2n) is 4.70. The van der Waals surface area contributed by atoms with E-state index in [1.54, 1.807) is 19.1 Å². The van der Waals surface area contributed by atoms with Crippen molar-refractivity contribution in [2.24, 2.45) is 0 Å². The lowest BCUT2D eigenvalue weighted by Gasteiger charge is -2.03. The van der Waals surface area contributed by atoms with Crippen molar-refractivity contribution in [2.75, 3.05) is 0 Å². The maximum Gasteiger partial charge on any atom is 0.272 e. The Morgan fingerprint density at radius 3 is 2.91 bits per heavy atom. The van der Waals surface area contributed by atoms with Gasteiger partial charge in [-0.15, -0.1) is 0 Å². The first-order valence-electron chi connectivity index (χ1n) is 6.78. The summed E-state index contributed by atoms with van der Waals surface area (Å²) < 4.78 is 18.2. The van der Waals surface area contributed by atoms with Crippen LogP contribution in [0.3, 0.4) is 0 Å². The molecular weight excluding hydrogens is 301 g/mol. The number of carbonyl (C=O) groups excluding carboxylic acids is 1. The second-order valence-corrected chi connectivity index (χ2v) is 4.70. The molecule has 3 rings (SSSR count). The van der Waals surface area contributed by atoms with E-state index in [2.05, 4.69) is 25.4 Å². The van der Waals surface area contributed by atoms with Gasteiger partial charge in [-0.1, -0.05) is 11.2 Å². The smallest absolute Gasteiger partial charge is 0.272 e. The Labute approximate surface area is 130 Å². The van der Waals surface area contributed by atoms with Gasteiger partial charge in [0.1, 0.15) is 11.5 Å². The van der Waals surface area contributed by atoms with Crippen LogP contribution in [-0.2, 0) is 6.54 Å². The molecule has 0 saturated heterocycles. The molecule has 1 N–H and O–H groups in total. The first-order chi connectivity index (χ1) is 11.1. The molecule has 1 amide bonds. The minimum absolute atomic E-state index is 0.0632. The van der Waals surface area contributed by atoms with Gasteiger partial charge in [0, 0.05) is 18.0 Å². The number of amides is 1. The van der Waals surface area contributed by atoms with Crippen molar-refractivity contribution in [2.45, 2.75) is 13.5 Å². The SMILES string of the molecule is Cc1nccnc1C(=O)NCc1noc(-c2cccc(F)c2)n1. The zero-order chi connectivity index (χ0) is 16.2. The van der Waals surface area contributed by atoms with E-state index in [4.69, 9.17) is 4.52 Å². The van der Waals surface area contributed by atoms with E-state index >= 15 is 0 Å². The molecule has 0 unspecified atom stereocenters. The van der Waals surface area contributed by atoms with Gasteiger partial charge in [-0.05, 0) is 25.1 Å². The largest absolute Gasteiger partial charge is 0.343 e. The van der Waals surface area contributed by atoms with Gasteiger partial charge in [0.05, 0.1) is 12.2 Å².